The highest BCUT2D eigenvalue weighted by atomic mass is 32.1. The summed E-state index contributed by atoms with van der Waals surface area (Å²) in [5, 5.41) is 15.8. The Hall–Kier alpha value is -3.02. The summed E-state index contributed by atoms with van der Waals surface area (Å²) >= 11 is 1.66. The molecule has 0 aliphatic rings. The number of hydrogen-bond acceptors (Lipinski definition) is 4. The molecule has 0 saturated carbocycles. The van der Waals surface area contributed by atoms with Crippen molar-refractivity contribution in [3.8, 4) is 0 Å². The minimum atomic E-state index is -0.0705. The summed E-state index contributed by atoms with van der Waals surface area (Å²) in [7, 11) is 0. The number of aryl methyl sites for hydroxylation is 2. The Morgan fingerprint density at radius 2 is 1.83 bits per heavy atom. The van der Waals surface area contributed by atoms with Gasteiger partial charge in [-0.05, 0) is 59.7 Å². The van der Waals surface area contributed by atoms with E-state index in [1.54, 1.807) is 11.3 Å². The maximum Gasteiger partial charge on any atom is 0.251 e. The number of rotatable bonds is 6. The molecule has 4 aromatic rings. The number of hydrogen-bond donors (Lipinski definition) is 2. The molecule has 152 valence electrons. The molecule has 0 aliphatic heterocycles. The Morgan fingerprint density at radius 3 is 2.60 bits per heavy atom. The number of aliphatic hydroxyl groups excluding tert-OH is 1. The Bertz CT molecular complexity index is 1210. The topological polar surface area (TPSA) is 62.2 Å². The highest BCUT2D eigenvalue weighted by Gasteiger charge is 2.14. The predicted octanol–water partition coefficient (Wildman–Crippen LogP) is 4.93. The number of fused-ring (bicyclic) bond motifs is 1. The molecular formula is C25H24N2O2S. The zero-order valence-electron chi connectivity index (χ0n) is 17.1. The number of nitrogens with one attached hydrogen (secondary N) is 1. The summed E-state index contributed by atoms with van der Waals surface area (Å²) in [5.74, 6) is -0.0705. The summed E-state index contributed by atoms with van der Waals surface area (Å²) in [6, 6.07) is 17.7. The highest BCUT2D eigenvalue weighted by Crippen LogP contribution is 2.25. The zero-order valence-corrected chi connectivity index (χ0v) is 17.9. The number of nitrogens with zero attached hydrogens (tertiary/aromatic N) is 1. The highest BCUT2D eigenvalue weighted by molar-refractivity contribution is 7.10. The van der Waals surface area contributed by atoms with Crippen molar-refractivity contribution in [1.29, 1.82) is 0 Å². The largest absolute Gasteiger partial charge is 0.392 e. The van der Waals surface area contributed by atoms with E-state index in [9.17, 15) is 9.90 Å². The fourth-order valence-electron chi connectivity index (χ4n) is 3.74. The van der Waals surface area contributed by atoms with Crippen LogP contribution >= 0.6 is 11.3 Å². The van der Waals surface area contributed by atoms with Crippen molar-refractivity contribution in [2.24, 2.45) is 0 Å². The molecule has 4 rings (SSSR count). The van der Waals surface area contributed by atoms with Gasteiger partial charge in [0.1, 0.15) is 0 Å². The van der Waals surface area contributed by atoms with Gasteiger partial charge in [0.2, 0.25) is 0 Å². The van der Waals surface area contributed by atoms with E-state index in [0.29, 0.717) is 18.5 Å². The second kappa shape index (κ2) is 8.78. The van der Waals surface area contributed by atoms with Gasteiger partial charge in [-0.25, -0.2) is 0 Å². The quantitative estimate of drug-likeness (QED) is 0.469. The third-order valence-corrected chi connectivity index (χ3v) is 6.35. The first kappa shape index (κ1) is 20.3. The molecule has 0 spiro atoms. The van der Waals surface area contributed by atoms with E-state index in [1.807, 2.05) is 60.8 Å². The van der Waals surface area contributed by atoms with E-state index in [-0.39, 0.29) is 12.5 Å². The first-order valence-electron chi connectivity index (χ1n) is 9.95. The van der Waals surface area contributed by atoms with Gasteiger partial charge in [0.05, 0.1) is 18.7 Å². The lowest BCUT2D eigenvalue weighted by molar-refractivity contribution is 0.0950. The lowest BCUT2D eigenvalue weighted by atomic mass is 9.96. The van der Waals surface area contributed by atoms with E-state index in [1.165, 1.54) is 10.4 Å². The molecule has 30 heavy (non-hydrogen) atoms. The van der Waals surface area contributed by atoms with Crippen LogP contribution in [0.2, 0.25) is 0 Å². The van der Waals surface area contributed by atoms with Crippen LogP contribution in [-0.4, -0.2) is 16.0 Å². The van der Waals surface area contributed by atoms with Crippen LogP contribution in [0.3, 0.4) is 0 Å². The summed E-state index contributed by atoms with van der Waals surface area (Å²) in [4.78, 5) is 18.8. The lowest BCUT2D eigenvalue weighted by Gasteiger charge is -2.13. The number of pyridine rings is 1. The van der Waals surface area contributed by atoms with Gasteiger partial charge in [-0.1, -0.05) is 36.4 Å². The van der Waals surface area contributed by atoms with Gasteiger partial charge in [0.15, 0.2) is 0 Å². The maximum absolute atomic E-state index is 12.9. The first-order chi connectivity index (χ1) is 14.6. The Balaban J connectivity index is 1.64. The molecule has 2 aromatic heterocycles. The minimum Gasteiger partial charge on any atom is -0.392 e. The molecule has 0 aliphatic carbocycles. The number of carbonyl (C=O) groups is 1. The van der Waals surface area contributed by atoms with Crippen molar-refractivity contribution in [3.05, 3.63) is 98.4 Å². The normalized spacial score (nSPS) is 11.0. The van der Waals surface area contributed by atoms with E-state index in [4.69, 9.17) is 4.98 Å². The molecule has 2 aromatic carbocycles. The van der Waals surface area contributed by atoms with E-state index < -0.39 is 0 Å². The molecule has 5 heteroatoms. The third kappa shape index (κ3) is 4.13. The van der Waals surface area contributed by atoms with Crippen LogP contribution in [0, 0.1) is 13.8 Å². The molecule has 2 heterocycles. The van der Waals surface area contributed by atoms with E-state index >= 15 is 0 Å². The standard InChI is InChI=1S/C25H24N2O2S/c1-16-10-11-30-23(16)14-26-25(29)22-8-4-3-6-18(22)13-19-7-5-9-21-20(15-28)12-17(2)27-24(19)21/h3-12,28H,13-15H2,1-2H3,(H,26,29). The van der Waals surface area contributed by atoms with E-state index in [0.717, 1.165) is 33.3 Å². The van der Waals surface area contributed by atoms with Crippen LogP contribution in [0.1, 0.15) is 43.2 Å². The number of thiophene rings is 1. The van der Waals surface area contributed by atoms with Crippen molar-refractivity contribution < 1.29 is 9.90 Å². The molecule has 0 radical (unpaired) electrons. The molecule has 0 unspecified atom stereocenters. The second-order valence-corrected chi connectivity index (χ2v) is 8.44. The number of amides is 1. The first-order valence-corrected chi connectivity index (χ1v) is 10.8. The second-order valence-electron chi connectivity index (χ2n) is 7.44. The fourth-order valence-corrected chi connectivity index (χ4v) is 4.58. The Morgan fingerprint density at radius 1 is 1.03 bits per heavy atom. The molecule has 0 bridgehead atoms. The minimum absolute atomic E-state index is 0.0234. The van der Waals surface area contributed by atoms with Crippen molar-refractivity contribution in [2.45, 2.75) is 33.4 Å². The monoisotopic (exact) mass is 416 g/mol. The SMILES string of the molecule is Cc1cc(CO)c2cccc(Cc3ccccc3C(=O)NCc3sccc3C)c2n1. The van der Waals surface area contributed by atoms with Gasteiger partial charge >= 0.3 is 0 Å². The van der Waals surface area contributed by atoms with Crippen LogP contribution in [0.15, 0.2) is 60.0 Å². The summed E-state index contributed by atoms with van der Waals surface area (Å²) in [5.41, 5.74) is 6.50. The van der Waals surface area contributed by atoms with E-state index in [2.05, 4.69) is 18.3 Å². The van der Waals surface area contributed by atoms with Crippen LogP contribution in [-0.2, 0) is 19.6 Å². The number of benzene rings is 2. The summed E-state index contributed by atoms with van der Waals surface area (Å²) < 4.78 is 0. The third-order valence-electron chi connectivity index (χ3n) is 5.33. The molecule has 0 fully saturated rings. The number of aliphatic hydroxyl groups is 1. The van der Waals surface area contributed by atoms with Crippen LogP contribution in [0.25, 0.3) is 10.9 Å². The zero-order chi connectivity index (χ0) is 21.1. The van der Waals surface area contributed by atoms with Crippen molar-refractivity contribution in [2.75, 3.05) is 0 Å². The smallest absolute Gasteiger partial charge is 0.251 e. The van der Waals surface area contributed by atoms with Gasteiger partial charge in [-0.2, -0.15) is 0 Å². The molecular weight excluding hydrogens is 392 g/mol. The van der Waals surface area contributed by atoms with Crippen molar-refractivity contribution >= 4 is 28.1 Å². The number of carbonyl (C=O) groups excluding carboxylic acids is 1. The molecule has 4 nitrogen and oxygen atoms in total. The number of aromatic nitrogens is 1. The Kier molecular flexibility index (Phi) is 5.93. The van der Waals surface area contributed by atoms with Crippen LogP contribution in [0.5, 0.6) is 0 Å². The summed E-state index contributed by atoms with van der Waals surface area (Å²) in [6.07, 6.45) is 0.598. The molecule has 0 atom stereocenters. The van der Waals surface area contributed by atoms with Gasteiger partial charge in [0.25, 0.3) is 5.91 Å². The fraction of sp³-hybridized carbons (Fsp3) is 0.200. The lowest BCUT2D eigenvalue weighted by Crippen LogP contribution is -2.24. The van der Waals surface area contributed by atoms with Crippen molar-refractivity contribution in [1.82, 2.24) is 10.3 Å². The van der Waals surface area contributed by atoms with Crippen LogP contribution in [0.4, 0.5) is 0 Å². The number of para-hydroxylation sites is 1. The molecule has 0 saturated heterocycles. The average Bonchev–Trinajstić information content (AvgIpc) is 3.17. The average molecular weight is 417 g/mol. The van der Waals surface area contributed by atoms with Crippen molar-refractivity contribution in [3.63, 3.8) is 0 Å². The van der Waals surface area contributed by atoms with Gasteiger partial charge < -0.3 is 10.4 Å². The van der Waals surface area contributed by atoms with Gasteiger partial charge in [-0.15, -0.1) is 11.3 Å². The van der Waals surface area contributed by atoms with Gasteiger partial charge in [0, 0.05) is 27.9 Å². The predicted molar refractivity (Wildman–Crippen MR) is 122 cm³/mol. The van der Waals surface area contributed by atoms with Crippen LogP contribution < -0.4 is 5.32 Å². The Labute approximate surface area is 180 Å². The maximum atomic E-state index is 12.9. The molecule has 2 N–H and O–H groups in total. The summed E-state index contributed by atoms with van der Waals surface area (Å²) in [6.45, 7) is 4.50. The molecule has 1 amide bonds. The van der Waals surface area contributed by atoms with Gasteiger partial charge in [-0.3, -0.25) is 9.78 Å².